The summed E-state index contributed by atoms with van der Waals surface area (Å²) in [6, 6.07) is 0. The van der Waals surface area contributed by atoms with Gasteiger partial charge in [0.25, 0.3) is 0 Å². The third kappa shape index (κ3) is 24.5. The molecule has 2 rings (SSSR count). The van der Waals surface area contributed by atoms with E-state index in [1.54, 1.807) is 0 Å². The summed E-state index contributed by atoms with van der Waals surface area (Å²) in [7, 11) is 0. The van der Waals surface area contributed by atoms with E-state index in [0.717, 1.165) is 70.6 Å². The third-order valence-corrected chi connectivity index (χ3v) is 11.1. The minimum Gasteiger partial charge on any atom is -0.462 e. The standard InChI is InChI=1S/C48H82O15/c1-3-5-7-9-11-13-15-16-17-18-19-20-21-23-25-27-29-31-40(51)61-36(33-58-39(50)30-28-26-24-22-14-12-10-8-6-4-2)34-59-47-46(57)44(55)42(53)38(63-47)35-60-48-45(56)43(54)41(52)37(32-49)62-48/h5,7,11,13,16-17,19-20,36-38,41-49,52-57H,3-4,6,8-10,12,14-15,18,21-35H2,1-2H3/b7-5-,13-11-,17-16-,20-19-. The van der Waals surface area contributed by atoms with Gasteiger partial charge in [-0.25, -0.2) is 0 Å². The van der Waals surface area contributed by atoms with Gasteiger partial charge in [-0.05, 0) is 51.4 Å². The van der Waals surface area contributed by atoms with Crippen LogP contribution in [-0.4, -0.2) is 142 Å². The Morgan fingerprint density at radius 2 is 1.00 bits per heavy atom. The van der Waals surface area contributed by atoms with E-state index in [0.29, 0.717) is 12.8 Å². The molecule has 364 valence electrons. The van der Waals surface area contributed by atoms with Gasteiger partial charge in [-0.3, -0.25) is 9.59 Å². The van der Waals surface area contributed by atoms with Crippen LogP contribution in [0.15, 0.2) is 48.6 Å². The van der Waals surface area contributed by atoms with E-state index in [-0.39, 0.29) is 19.4 Å². The van der Waals surface area contributed by atoms with Crippen LogP contribution in [0.4, 0.5) is 0 Å². The maximum Gasteiger partial charge on any atom is 0.306 e. The second-order valence-electron chi connectivity index (χ2n) is 16.6. The third-order valence-electron chi connectivity index (χ3n) is 11.1. The van der Waals surface area contributed by atoms with Crippen LogP contribution in [0.3, 0.4) is 0 Å². The lowest BCUT2D eigenvalue weighted by Gasteiger charge is -2.42. The molecule has 2 aliphatic rings. The molecule has 2 saturated heterocycles. The second kappa shape index (κ2) is 35.7. The van der Waals surface area contributed by atoms with E-state index < -0.39 is 99.3 Å². The lowest BCUT2D eigenvalue weighted by Crippen LogP contribution is -2.61. The maximum atomic E-state index is 12.9. The fourth-order valence-electron chi connectivity index (χ4n) is 7.15. The highest BCUT2D eigenvalue weighted by atomic mass is 16.7. The van der Waals surface area contributed by atoms with Crippen molar-refractivity contribution in [3.05, 3.63) is 48.6 Å². The summed E-state index contributed by atoms with van der Waals surface area (Å²) in [6.45, 7) is 2.41. The number of allylic oxidation sites excluding steroid dienone is 8. The molecule has 2 fully saturated rings. The molecule has 0 aliphatic carbocycles. The van der Waals surface area contributed by atoms with E-state index in [2.05, 4.69) is 62.5 Å². The highest BCUT2D eigenvalue weighted by Crippen LogP contribution is 2.26. The highest BCUT2D eigenvalue weighted by Gasteiger charge is 2.47. The largest absolute Gasteiger partial charge is 0.462 e. The van der Waals surface area contributed by atoms with Crippen molar-refractivity contribution in [2.24, 2.45) is 0 Å². The first-order chi connectivity index (χ1) is 30.5. The summed E-state index contributed by atoms with van der Waals surface area (Å²) in [5, 5.41) is 71.9. The number of ether oxygens (including phenoxy) is 6. The fourth-order valence-corrected chi connectivity index (χ4v) is 7.15. The average Bonchev–Trinajstić information content (AvgIpc) is 3.28. The van der Waals surface area contributed by atoms with Crippen molar-refractivity contribution < 1.29 is 73.8 Å². The molecule has 15 heteroatoms. The SMILES string of the molecule is CC/C=C\C/C=C\C/C=C\C/C=C\CCCCCCC(=O)OC(COC(=O)CCCCCCCCCCCC)COC1OC(COC2OC(CO)C(O)C(O)C2O)C(O)C(O)C1O. The van der Waals surface area contributed by atoms with Gasteiger partial charge in [-0.2, -0.15) is 0 Å². The van der Waals surface area contributed by atoms with Crippen LogP contribution in [0.1, 0.15) is 149 Å². The van der Waals surface area contributed by atoms with Crippen LogP contribution >= 0.6 is 0 Å². The molecule has 2 heterocycles. The molecular formula is C48H82O15. The Morgan fingerprint density at radius 3 is 1.57 bits per heavy atom. The fraction of sp³-hybridized carbons (Fsp3) is 0.792. The molecule has 0 aromatic heterocycles. The first-order valence-electron chi connectivity index (χ1n) is 23.7. The predicted molar refractivity (Wildman–Crippen MR) is 238 cm³/mol. The van der Waals surface area contributed by atoms with E-state index >= 15 is 0 Å². The number of carbonyl (C=O) groups excluding carboxylic acids is 2. The predicted octanol–water partition coefficient (Wildman–Crippen LogP) is 5.54. The monoisotopic (exact) mass is 899 g/mol. The van der Waals surface area contributed by atoms with E-state index in [4.69, 9.17) is 28.4 Å². The van der Waals surface area contributed by atoms with Gasteiger partial charge >= 0.3 is 11.9 Å². The second-order valence-corrected chi connectivity index (χ2v) is 16.6. The van der Waals surface area contributed by atoms with Crippen LogP contribution in [0.2, 0.25) is 0 Å². The zero-order valence-electron chi connectivity index (χ0n) is 38.0. The van der Waals surface area contributed by atoms with Gasteiger partial charge in [0.1, 0.15) is 55.4 Å². The van der Waals surface area contributed by atoms with Crippen LogP contribution in [0.25, 0.3) is 0 Å². The number of aliphatic hydroxyl groups excluding tert-OH is 7. The Morgan fingerprint density at radius 1 is 0.524 bits per heavy atom. The number of carbonyl (C=O) groups is 2. The normalized spacial score (nSPS) is 27.3. The Bertz CT molecular complexity index is 1290. The van der Waals surface area contributed by atoms with Gasteiger partial charge in [0.2, 0.25) is 0 Å². The van der Waals surface area contributed by atoms with Crippen molar-refractivity contribution >= 4 is 11.9 Å². The smallest absolute Gasteiger partial charge is 0.306 e. The number of hydrogen-bond donors (Lipinski definition) is 7. The number of rotatable bonds is 35. The summed E-state index contributed by atoms with van der Waals surface area (Å²) in [5.41, 5.74) is 0. The van der Waals surface area contributed by atoms with Crippen molar-refractivity contribution in [1.82, 2.24) is 0 Å². The van der Waals surface area contributed by atoms with Crippen molar-refractivity contribution in [1.29, 1.82) is 0 Å². The molecule has 0 aromatic carbocycles. The molecule has 7 N–H and O–H groups in total. The lowest BCUT2D eigenvalue weighted by molar-refractivity contribution is -0.332. The molecule has 0 saturated carbocycles. The molecule has 11 atom stereocenters. The quantitative estimate of drug-likeness (QED) is 0.0235. The number of aliphatic hydroxyl groups is 7. The van der Waals surface area contributed by atoms with E-state index in [1.807, 2.05) is 0 Å². The first kappa shape index (κ1) is 56.6. The molecule has 15 nitrogen and oxygen atoms in total. The van der Waals surface area contributed by atoms with Gasteiger partial charge < -0.3 is 64.2 Å². The molecule has 0 bridgehead atoms. The van der Waals surface area contributed by atoms with Gasteiger partial charge in [0.05, 0.1) is 19.8 Å². The average molecular weight is 899 g/mol. The van der Waals surface area contributed by atoms with Gasteiger partial charge in [0, 0.05) is 12.8 Å². The van der Waals surface area contributed by atoms with E-state index in [9.17, 15) is 45.3 Å². The number of unbranched alkanes of at least 4 members (excludes halogenated alkanes) is 13. The van der Waals surface area contributed by atoms with Crippen LogP contribution in [-0.2, 0) is 38.0 Å². The Hall–Kier alpha value is -2.54. The molecule has 0 aromatic rings. The minimum atomic E-state index is -1.77. The van der Waals surface area contributed by atoms with Gasteiger partial charge in [-0.15, -0.1) is 0 Å². The topological polar surface area (TPSA) is 231 Å². The number of hydrogen-bond acceptors (Lipinski definition) is 15. The Balaban J connectivity index is 1.85. The summed E-state index contributed by atoms with van der Waals surface area (Å²) in [4.78, 5) is 25.6. The summed E-state index contributed by atoms with van der Waals surface area (Å²) >= 11 is 0. The van der Waals surface area contributed by atoms with Gasteiger partial charge in [-0.1, -0.05) is 133 Å². The van der Waals surface area contributed by atoms with Gasteiger partial charge in [0.15, 0.2) is 18.7 Å². The van der Waals surface area contributed by atoms with Crippen molar-refractivity contribution in [3.8, 4) is 0 Å². The molecule has 2 aliphatic heterocycles. The Labute approximate surface area is 376 Å². The van der Waals surface area contributed by atoms with Crippen molar-refractivity contribution in [2.45, 2.75) is 216 Å². The molecular weight excluding hydrogens is 817 g/mol. The van der Waals surface area contributed by atoms with Crippen LogP contribution in [0.5, 0.6) is 0 Å². The van der Waals surface area contributed by atoms with Crippen LogP contribution in [0, 0.1) is 0 Å². The first-order valence-corrected chi connectivity index (χ1v) is 23.7. The molecule has 0 amide bonds. The maximum absolute atomic E-state index is 12.9. The van der Waals surface area contributed by atoms with Crippen molar-refractivity contribution in [2.75, 3.05) is 26.4 Å². The molecule has 0 radical (unpaired) electrons. The van der Waals surface area contributed by atoms with Crippen molar-refractivity contribution in [3.63, 3.8) is 0 Å². The van der Waals surface area contributed by atoms with E-state index in [1.165, 1.54) is 38.5 Å². The molecule has 63 heavy (non-hydrogen) atoms. The minimum absolute atomic E-state index is 0.137. The zero-order chi connectivity index (χ0) is 46.1. The number of esters is 2. The summed E-state index contributed by atoms with van der Waals surface area (Å²) in [6.07, 6.45) is 20.1. The lowest BCUT2D eigenvalue weighted by atomic mass is 9.98. The molecule has 0 spiro atoms. The zero-order valence-corrected chi connectivity index (χ0v) is 38.0. The van der Waals surface area contributed by atoms with Crippen LogP contribution < -0.4 is 0 Å². The highest BCUT2D eigenvalue weighted by molar-refractivity contribution is 5.70. The summed E-state index contributed by atoms with van der Waals surface area (Å²) in [5.74, 6) is -0.957. The summed E-state index contributed by atoms with van der Waals surface area (Å²) < 4.78 is 33.4. The Kier molecular flexibility index (Phi) is 32.1. The molecule has 11 unspecified atom stereocenters.